The number of hydrogen-bond acceptors (Lipinski definition) is 3. The Morgan fingerprint density at radius 1 is 1.05 bits per heavy atom. The van der Waals surface area contributed by atoms with Crippen LogP contribution in [0.5, 0.6) is 11.5 Å². The highest BCUT2D eigenvalue weighted by Gasteiger charge is 2.14. The molecule has 0 aliphatic rings. The summed E-state index contributed by atoms with van der Waals surface area (Å²) in [5, 5.41) is 19.9. The van der Waals surface area contributed by atoms with Gasteiger partial charge in [-0.3, -0.25) is 0 Å². The summed E-state index contributed by atoms with van der Waals surface area (Å²) in [4.78, 5) is 11.0. The molecule has 6 heteroatoms. The molecule has 1 heterocycles. The summed E-state index contributed by atoms with van der Waals surface area (Å²) < 4.78 is 6.30. The van der Waals surface area contributed by atoms with Crippen LogP contribution >= 0.6 is 11.6 Å². The molecule has 0 spiro atoms. The van der Waals surface area contributed by atoms with Gasteiger partial charge < -0.3 is 15.1 Å². The zero-order valence-corrected chi connectivity index (χ0v) is 11.4. The fraction of sp³-hybridized carbons (Fsp3) is 0. The minimum absolute atomic E-state index is 0.200. The van der Waals surface area contributed by atoms with Crippen molar-refractivity contribution >= 4 is 28.5 Å². The van der Waals surface area contributed by atoms with E-state index in [1.165, 1.54) is 6.07 Å². The van der Waals surface area contributed by atoms with Gasteiger partial charge >= 0.3 is 5.97 Å². The van der Waals surface area contributed by atoms with Gasteiger partial charge in [0.15, 0.2) is 5.69 Å². The number of ether oxygens (including phenoxy) is 1. The highest BCUT2D eigenvalue weighted by atomic mass is 35.5. The van der Waals surface area contributed by atoms with E-state index in [1.54, 1.807) is 42.5 Å². The van der Waals surface area contributed by atoms with Gasteiger partial charge in [-0.25, -0.2) is 4.79 Å². The molecule has 0 unspecified atom stereocenters. The average Bonchev–Trinajstić information content (AvgIpc) is 2.78. The van der Waals surface area contributed by atoms with Crippen molar-refractivity contribution in [1.82, 2.24) is 4.73 Å². The first kappa shape index (κ1) is 13.3. The first-order valence-electron chi connectivity index (χ1n) is 6.06. The number of nitrogens with zero attached hydrogens (tertiary/aromatic N) is 1. The SMILES string of the molecule is O=C(O)c1cc2cc(Oc3ccc(Cl)cc3)ccc2n1O. The predicted molar refractivity (Wildman–Crippen MR) is 77.6 cm³/mol. The van der Waals surface area contributed by atoms with Crippen LogP contribution in [0.4, 0.5) is 0 Å². The molecule has 0 aliphatic carbocycles. The van der Waals surface area contributed by atoms with Crippen molar-refractivity contribution in [2.24, 2.45) is 0 Å². The molecule has 0 amide bonds. The fourth-order valence-corrected chi connectivity index (χ4v) is 2.16. The number of fused-ring (bicyclic) bond motifs is 1. The highest BCUT2D eigenvalue weighted by Crippen LogP contribution is 2.28. The number of carboxylic acids is 1. The van der Waals surface area contributed by atoms with Crippen molar-refractivity contribution < 1.29 is 19.8 Å². The Morgan fingerprint density at radius 2 is 1.71 bits per heavy atom. The van der Waals surface area contributed by atoms with Crippen LogP contribution in [0.25, 0.3) is 10.9 Å². The molecule has 2 N–H and O–H groups in total. The molecule has 106 valence electrons. The van der Waals surface area contributed by atoms with Crippen LogP contribution in [0.15, 0.2) is 48.5 Å². The third-order valence-electron chi connectivity index (χ3n) is 3.02. The van der Waals surface area contributed by atoms with E-state index in [9.17, 15) is 10.0 Å². The van der Waals surface area contributed by atoms with Crippen molar-refractivity contribution in [3.05, 3.63) is 59.2 Å². The van der Waals surface area contributed by atoms with Gasteiger partial charge in [-0.2, -0.15) is 4.73 Å². The second-order valence-electron chi connectivity index (χ2n) is 4.42. The van der Waals surface area contributed by atoms with Gasteiger partial charge in [0.05, 0.1) is 5.52 Å². The minimum atomic E-state index is -1.20. The number of carbonyl (C=O) groups is 1. The molecule has 3 rings (SSSR count). The lowest BCUT2D eigenvalue weighted by molar-refractivity contribution is 0.0649. The van der Waals surface area contributed by atoms with E-state index in [2.05, 4.69) is 0 Å². The zero-order valence-electron chi connectivity index (χ0n) is 10.7. The average molecular weight is 304 g/mol. The van der Waals surface area contributed by atoms with Gasteiger partial charge in [-0.05, 0) is 48.5 Å². The number of hydrogen-bond donors (Lipinski definition) is 2. The van der Waals surface area contributed by atoms with E-state index in [-0.39, 0.29) is 5.69 Å². The van der Waals surface area contributed by atoms with Gasteiger partial charge in [0.2, 0.25) is 0 Å². The quantitative estimate of drug-likeness (QED) is 0.717. The molecular weight excluding hydrogens is 294 g/mol. The normalized spacial score (nSPS) is 10.7. The molecule has 2 aromatic carbocycles. The summed E-state index contributed by atoms with van der Waals surface area (Å²) in [5.41, 5.74) is 0.199. The lowest BCUT2D eigenvalue weighted by atomic mass is 10.2. The Balaban J connectivity index is 1.97. The Labute approximate surface area is 124 Å². The Hall–Kier alpha value is -2.66. The van der Waals surface area contributed by atoms with Gasteiger partial charge in [0.25, 0.3) is 0 Å². The molecule has 0 saturated heterocycles. The first-order chi connectivity index (χ1) is 10.0. The van der Waals surface area contributed by atoms with Gasteiger partial charge in [-0.15, -0.1) is 0 Å². The fourth-order valence-electron chi connectivity index (χ4n) is 2.03. The van der Waals surface area contributed by atoms with Crippen LogP contribution in [0.1, 0.15) is 10.5 Å². The summed E-state index contributed by atoms with van der Waals surface area (Å²) in [6, 6.07) is 13.2. The number of aromatic carboxylic acids is 1. The van der Waals surface area contributed by atoms with E-state index < -0.39 is 5.97 Å². The Morgan fingerprint density at radius 3 is 2.38 bits per heavy atom. The van der Waals surface area contributed by atoms with Crippen LogP contribution in [0.3, 0.4) is 0 Å². The van der Waals surface area contributed by atoms with Gasteiger partial charge in [-0.1, -0.05) is 11.6 Å². The lowest BCUT2D eigenvalue weighted by Gasteiger charge is -2.06. The second kappa shape index (κ2) is 5.03. The number of aromatic nitrogens is 1. The van der Waals surface area contributed by atoms with Gasteiger partial charge in [0.1, 0.15) is 11.5 Å². The maximum Gasteiger partial charge on any atom is 0.356 e. The maximum absolute atomic E-state index is 11.0. The molecule has 1 aromatic heterocycles. The van der Waals surface area contributed by atoms with Crippen molar-refractivity contribution in [3.8, 4) is 11.5 Å². The van der Waals surface area contributed by atoms with E-state index in [0.29, 0.717) is 32.2 Å². The maximum atomic E-state index is 11.0. The molecule has 0 atom stereocenters. The van der Waals surface area contributed by atoms with Crippen LogP contribution in [-0.4, -0.2) is 21.0 Å². The lowest BCUT2D eigenvalue weighted by Crippen LogP contribution is -2.04. The van der Waals surface area contributed by atoms with Gasteiger partial charge in [0, 0.05) is 10.4 Å². The summed E-state index contributed by atoms with van der Waals surface area (Å²) in [7, 11) is 0. The topological polar surface area (TPSA) is 71.7 Å². The smallest absolute Gasteiger partial charge is 0.356 e. The Bertz CT molecular complexity index is 824. The van der Waals surface area contributed by atoms with Crippen molar-refractivity contribution in [2.45, 2.75) is 0 Å². The third-order valence-corrected chi connectivity index (χ3v) is 3.27. The molecule has 0 bridgehead atoms. The van der Waals surface area contributed by atoms with Crippen LogP contribution < -0.4 is 4.74 Å². The van der Waals surface area contributed by atoms with Crippen molar-refractivity contribution in [2.75, 3.05) is 0 Å². The van der Waals surface area contributed by atoms with E-state index in [4.69, 9.17) is 21.4 Å². The minimum Gasteiger partial charge on any atom is -0.476 e. The molecule has 0 aliphatic heterocycles. The molecular formula is C15H10ClNO4. The zero-order chi connectivity index (χ0) is 15.0. The number of halogens is 1. The number of carboxylic acid groups (broad SMARTS) is 1. The standard InChI is InChI=1S/C15H10ClNO4/c16-10-1-3-11(4-2-10)21-12-5-6-13-9(7-12)8-14(15(18)19)17(13)20/h1-8,20H,(H,18,19). The molecule has 21 heavy (non-hydrogen) atoms. The largest absolute Gasteiger partial charge is 0.476 e. The summed E-state index contributed by atoms with van der Waals surface area (Å²) in [6.07, 6.45) is 0. The third kappa shape index (κ3) is 2.51. The molecule has 0 saturated carbocycles. The summed E-state index contributed by atoms with van der Waals surface area (Å²) in [5.74, 6) is -0.0538. The number of rotatable bonds is 3. The van der Waals surface area contributed by atoms with E-state index in [0.717, 1.165) is 0 Å². The van der Waals surface area contributed by atoms with Crippen molar-refractivity contribution in [1.29, 1.82) is 0 Å². The summed E-state index contributed by atoms with van der Waals surface area (Å²) >= 11 is 5.80. The van der Waals surface area contributed by atoms with E-state index in [1.807, 2.05) is 0 Å². The molecule has 0 radical (unpaired) electrons. The Kier molecular flexibility index (Phi) is 3.19. The molecule has 0 fully saturated rings. The summed E-state index contributed by atoms with van der Waals surface area (Å²) in [6.45, 7) is 0. The van der Waals surface area contributed by atoms with Crippen LogP contribution in [0, 0.1) is 0 Å². The van der Waals surface area contributed by atoms with Crippen LogP contribution in [0.2, 0.25) is 5.02 Å². The van der Waals surface area contributed by atoms with E-state index >= 15 is 0 Å². The molecule has 5 nitrogen and oxygen atoms in total. The number of benzene rings is 2. The second-order valence-corrected chi connectivity index (χ2v) is 4.86. The molecule has 3 aromatic rings. The van der Waals surface area contributed by atoms with Crippen molar-refractivity contribution in [3.63, 3.8) is 0 Å². The highest BCUT2D eigenvalue weighted by molar-refractivity contribution is 6.30. The first-order valence-corrected chi connectivity index (χ1v) is 6.44. The predicted octanol–water partition coefficient (Wildman–Crippen LogP) is 4.02. The van der Waals surface area contributed by atoms with Crippen LogP contribution in [-0.2, 0) is 0 Å². The monoisotopic (exact) mass is 303 g/mol.